The van der Waals surface area contributed by atoms with E-state index in [1.807, 2.05) is 16.8 Å². The van der Waals surface area contributed by atoms with Gasteiger partial charge in [-0.25, -0.2) is 0 Å². The van der Waals surface area contributed by atoms with Crippen LogP contribution in [0.5, 0.6) is 0 Å². The highest BCUT2D eigenvalue weighted by Gasteiger charge is 2.15. The van der Waals surface area contributed by atoms with Gasteiger partial charge >= 0.3 is 0 Å². The Hall–Kier alpha value is -2.65. The lowest BCUT2D eigenvalue weighted by atomic mass is 10.1. The number of thiophene rings is 1. The van der Waals surface area contributed by atoms with Crippen LogP contribution in [-0.4, -0.2) is 30.2 Å². The van der Waals surface area contributed by atoms with E-state index in [9.17, 15) is 15.2 Å². The monoisotopic (exact) mass is 317 g/mol. The minimum atomic E-state index is -0.954. The van der Waals surface area contributed by atoms with Gasteiger partial charge in [0.05, 0.1) is 11.5 Å². The number of rotatable bonds is 5. The number of tetrazole rings is 1. The maximum absolute atomic E-state index is 10.8. The Morgan fingerprint density at radius 2 is 2.27 bits per heavy atom. The van der Waals surface area contributed by atoms with Crippen LogP contribution in [0, 0.1) is 10.1 Å². The lowest BCUT2D eigenvalue weighted by molar-refractivity contribution is -0.385. The Bertz CT molecular complexity index is 787. The number of aromatic nitrogens is 4. The molecule has 2 heterocycles. The van der Waals surface area contributed by atoms with Crippen molar-refractivity contribution >= 4 is 17.0 Å². The van der Waals surface area contributed by atoms with Crippen LogP contribution in [0.4, 0.5) is 5.69 Å². The molecule has 0 saturated heterocycles. The van der Waals surface area contributed by atoms with Crippen LogP contribution in [0.25, 0.3) is 11.4 Å². The number of nitrogens with zero attached hydrogens (tertiary/aromatic N) is 5. The zero-order valence-electron chi connectivity index (χ0n) is 11.2. The van der Waals surface area contributed by atoms with E-state index in [2.05, 4.69) is 15.4 Å². The van der Waals surface area contributed by atoms with Crippen LogP contribution in [0.3, 0.4) is 0 Å². The largest absolute Gasteiger partial charge is 0.386 e. The summed E-state index contributed by atoms with van der Waals surface area (Å²) in [5.74, 6) is 0.479. The maximum atomic E-state index is 10.8. The number of nitro groups is 1. The third kappa shape index (κ3) is 3.00. The van der Waals surface area contributed by atoms with Crippen molar-refractivity contribution in [3.05, 3.63) is 56.8 Å². The Morgan fingerprint density at radius 3 is 3.00 bits per heavy atom. The molecule has 1 N–H and O–H groups in total. The minimum Gasteiger partial charge on any atom is -0.386 e. The van der Waals surface area contributed by atoms with Gasteiger partial charge in [0.25, 0.3) is 5.69 Å². The van der Waals surface area contributed by atoms with E-state index in [1.54, 1.807) is 6.07 Å². The van der Waals surface area contributed by atoms with Crippen molar-refractivity contribution in [2.45, 2.75) is 12.6 Å². The van der Waals surface area contributed by atoms with Gasteiger partial charge in [-0.05, 0) is 22.2 Å². The third-order valence-corrected chi connectivity index (χ3v) is 3.72. The predicted octanol–water partition coefficient (Wildman–Crippen LogP) is 2.04. The van der Waals surface area contributed by atoms with Crippen molar-refractivity contribution in [1.82, 2.24) is 20.2 Å². The fraction of sp³-hybridized carbons (Fsp3) is 0.154. The molecule has 1 atom stereocenters. The number of hydrogen-bond acceptors (Lipinski definition) is 7. The Balaban J connectivity index is 1.75. The van der Waals surface area contributed by atoms with E-state index >= 15 is 0 Å². The van der Waals surface area contributed by atoms with Gasteiger partial charge in [0, 0.05) is 23.1 Å². The second-order valence-corrected chi connectivity index (χ2v) is 5.33. The molecule has 0 radical (unpaired) electrons. The molecular formula is C13H11N5O3S. The number of aliphatic hydroxyl groups excluding tert-OH is 1. The van der Waals surface area contributed by atoms with Gasteiger partial charge in [-0.1, -0.05) is 12.1 Å². The molecule has 0 aliphatic heterocycles. The lowest BCUT2D eigenvalue weighted by Crippen LogP contribution is -2.11. The van der Waals surface area contributed by atoms with Crippen molar-refractivity contribution in [3.8, 4) is 11.4 Å². The smallest absolute Gasteiger partial charge is 0.269 e. The van der Waals surface area contributed by atoms with Crippen LogP contribution < -0.4 is 0 Å². The topological polar surface area (TPSA) is 107 Å². The van der Waals surface area contributed by atoms with Crippen molar-refractivity contribution < 1.29 is 10.0 Å². The standard InChI is InChI=1S/C13H11N5O3S/c19-12(9-2-1-3-11(6-9)18(20)21)7-17-15-13(14-16-17)10-4-5-22-8-10/h1-6,8,12,19H,7H2/t12-/m1/s1. The van der Waals surface area contributed by atoms with E-state index in [0.29, 0.717) is 11.4 Å². The van der Waals surface area contributed by atoms with Gasteiger partial charge in [0.15, 0.2) is 0 Å². The van der Waals surface area contributed by atoms with E-state index in [4.69, 9.17) is 0 Å². The van der Waals surface area contributed by atoms with Crippen molar-refractivity contribution in [2.24, 2.45) is 0 Å². The predicted molar refractivity (Wildman–Crippen MR) is 79.2 cm³/mol. The van der Waals surface area contributed by atoms with Crippen molar-refractivity contribution in [2.75, 3.05) is 0 Å². The van der Waals surface area contributed by atoms with E-state index in [0.717, 1.165) is 5.56 Å². The van der Waals surface area contributed by atoms with Gasteiger partial charge < -0.3 is 5.11 Å². The zero-order valence-corrected chi connectivity index (χ0v) is 12.1. The third-order valence-electron chi connectivity index (χ3n) is 3.03. The zero-order chi connectivity index (χ0) is 15.5. The Kier molecular flexibility index (Phi) is 3.90. The molecule has 0 bridgehead atoms. The first-order valence-corrected chi connectivity index (χ1v) is 7.30. The maximum Gasteiger partial charge on any atom is 0.269 e. The highest BCUT2D eigenvalue weighted by atomic mass is 32.1. The summed E-state index contributed by atoms with van der Waals surface area (Å²) in [5, 5.41) is 36.7. The van der Waals surface area contributed by atoms with E-state index in [1.165, 1.54) is 34.3 Å². The van der Waals surface area contributed by atoms with Gasteiger partial charge in [0.2, 0.25) is 5.82 Å². The van der Waals surface area contributed by atoms with Gasteiger partial charge in [-0.15, -0.1) is 10.2 Å². The quantitative estimate of drug-likeness (QED) is 0.570. The number of aliphatic hydroxyl groups is 1. The van der Waals surface area contributed by atoms with Crippen LogP contribution in [-0.2, 0) is 6.54 Å². The summed E-state index contributed by atoms with van der Waals surface area (Å²) in [4.78, 5) is 11.5. The summed E-state index contributed by atoms with van der Waals surface area (Å²) < 4.78 is 0. The summed E-state index contributed by atoms with van der Waals surface area (Å²) in [5.41, 5.74) is 1.23. The molecule has 0 spiro atoms. The van der Waals surface area contributed by atoms with E-state index in [-0.39, 0.29) is 12.2 Å². The lowest BCUT2D eigenvalue weighted by Gasteiger charge is -2.09. The Morgan fingerprint density at radius 1 is 1.41 bits per heavy atom. The fourth-order valence-corrected chi connectivity index (χ4v) is 2.57. The second-order valence-electron chi connectivity index (χ2n) is 4.55. The first-order valence-electron chi connectivity index (χ1n) is 6.36. The SMILES string of the molecule is O=[N+]([O-])c1cccc([C@H](O)Cn2nnc(-c3ccsc3)n2)c1. The van der Waals surface area contributed by atoms with Crippen LogP contribution in [0.2, 0.25) is 0 Å². The number of nitro benzene ring substituents is 1. The second kappa shape index (κ2) is 6.00. The number of benzene rings is 1. The molecule has 112 valence electrons. The summed E-state index contributed by atoms with van der Waals surface area (Å²) >= 11 is 1.53. The van der Waals surface area contributed by atoms with Gasteiger partial charge in [-0.2, -0.15) is 16.1 Å². The molecule has 0 unspecified atom stereocenters. The molecule has 0 amide bonds. The molecule has 0 saturated carbocycles. The number of non-ortho nitro benzene ring substituents is 1. The molecule has 0 aliphatic rings. The molecule has 3 rings (SSSR count). The average Bonchev–Trinajstić information content (AvgIpc) is 3.18. The molecule has 3 aromatic rings. The normalized spacial score (nSPS) is 12.2. The van der Waals surface area contributed by atoms with Crippen LogP contribution in [0.15, 0.2) is 41.1 Å². The highest BCUT2D eigenvalue weighted by molar-refractivity contribution is 7.08. The first kappa shape index (κ1) is 14.3. The van der Waals surface area contributed by atoms with Crippen molar-refractivity contribution in [1.29, 1.82) is 0 Å². The molecular weight excluding hydrogens is 306 g/mol. The highest BCUT2D eigenvalue weighted by Crippen LogP contribution is 2.21. The van der Waals surface area contributed by atoms with Crippen LogP contribution >= 0.6 is 11.3 Å². The molecule has 9 heteroatoms. The molecule has 2 aromatic heterocycles. The summed E-state index contributed by atoms with van der Waals surface area (Å²) in [6.07, 6.45) is -0.954. The molecule has 0 fully saturated rings. The Labute approximate surface area is 128 Å². The molecule has 0 aliphatic carbocycles. The molecule has 8 nitrogen and oxygen atoms in total. The first-order chi connectivity index (χ1) is 10.6. The number of hydrogen-bond donors (Lipinski definition) is 1. The minimum absolute atomic E-state index is 0.0675. The fourth-order valence-electron chi connectivity index (χ4n) is 1.93. The summed E-state index contributed by atoms with van der Waals surface area (Å²) in [7, 11) is 0. The van der Waals surface area contributed by atoms with Crippen molar-refractivity contribution in [3.63, 3.8) is 0 Å². The van der Waals surface area contributed by atoms with Gasteiger partial charge in [-0.3, -0.25) is 10.1 Å². The van der Waals surface area contributed by atoms with E-state index < -0.39 is 11.0 Å². The average molecular weight is 317 g/mol. The summed E-state index contributed by atoms with van der Waals surface area (Å²) in [6, 6.07) is 7.74. The van der Waals surface area contributed by atoms with Crippen LogP contribution in [0.1, 0.15) is 11.7 Å². The van der Waals surface area contributed by atoms with Gasteiger partial charge in [0.1, 0.15) is 6.10 Å². The summed E-state index contributed by atoms with van der Waals surface area (Å²) in [6.45, 7) is 0.0678. The molecule has 22 heavy (non-hydrogen) atoms. The molecule has 1 aromatic carbocycles.